The van der Waals surface area contributed by atoms with Gasteiger partial charge in [-0.25, -0.2) is 14.2 Å². The van der Waals surface area contributed by atoms with Gasteiger partial charge in [0.25, 0.3) is 0 Å². The number of hydrogen-bond acceptors (Lipinski definition) is 3. The molecule has 2 aromatic rings. The summed E-state index contributed by atoms with van der Waals surface area (Å²) >= 11 is 0. The van der Waals surface area contributed by atoms with Gasteiger partial charge in [0.2, 0.25) is 5.88 Å². The highest BCUT2D eigenvalue weighted by Gasteiger charge is 2.07. The van der Waals surface area contributed by atoms with Gasteiger partial charge >= 0.3 is 5.97 Å². The highest BCUT2D eigenvalue weighted by molar-refractivity contribution is 5.88. The molecule has 0 saturated carbocycles. The summed E-state index contributed by atoms with van der Waals surface area (Å²) in [6.45, 7) is 1.73. The molecule has 18 heavy (non-hydrogen) atoms. The number of rotatable bonds is 3. The number of hydrogen-bond donors (Lipinski definition) is 1. The lowest BCUT2D eigenvalue weighted by molar-refractivity contribution is 0.0697. The summed E-state index contributed by atoms with van der Waals surface area (Å²) in [5, 5.41) is 8.83. The first-order chi connectivity index (χ1) is 8.56. The minimum Gasteiger partial charge on any atom is -0.478 e. The number of aryl methyl sites for hydroxylation is 1. The van der Waals surface area contributed by atoms with E-state index in [9.17, 15) is 9.18 Å². The van der Waals surface area contributed by atoms with E-state index in [1.807, 2.05) is 0 Å². The second kappa shape index (κ2) is 4.83. The van der Waals surface area contributed by atoms with Gasteiger partial charge in [0.05, 0.1) is 11.8 Å². The highest BCUT2D eigenvalue weighted by Crippen LogP contribution is 2.24. The Kier molecular flexibility index (Phi) is 3.23. The van der Waals surface area contributed by atoms with Crippen LogP contribution in [0.15, 0.2) is 36.5 Å². The van der Waals surface area contributed by atoms with E-state index in [0.29, 0.717) is 11.3 Å². The van der Waals surface area contributed by atoms with E-state index >= 15 is 0 Å². The van der Waals surface area contributed by atoms with Crippen molar-refractivity contribution in [1.82, 2.24) is 4.98 Å². The van der Waals surface area contributed by atoms with E-state index in [4.69, 9.17) is 9.84 Å². The van der Waals surface area contributed by atoms with Crippen LogP contribution in [0.4, 0.5) is 4.39 Å². The average Bonchev–Trinajstić information content (AvgIpc) is 2.34. The summed E-state index contributed by atoms with van der Waals surface area (Å²) in [6, 6.07) is 7.13. The molecule has 0 fully saturated rings. The monoisotopic (exact) mass is 247 g/mol. The van der Waals surface area contributed by atoms with Crippen LogP contribution in [0.5, 0.6) is 11.6 Å². The lowest BCUT2D eigenvalue weighted by Gasteiger charge is -2.08. The van der Waals surface area contributed by atoms with Crippen LogP contribution < -0.4 is 4.74 Å². The zero-order chi connectivity index (χ0) is 13.1. The van der Waals surface area contributed by atoms with Crippen LogP contribution in [-0.2, 0) is 0 Å². The van der Waals surface area contributed by atoms with Crippen LogP contribution in [-0.4, -0.2) is 16.1 Å². The third-order valence-corrected chi connectivity index (χ3v) is 2.34. The fraction of sp³-hybridized carbons (Fsp3) is 0.0769. The van der Waals surface area contributed by atoms with Crippen LogP contribution in [0.25, 0.3) is 0 Å². The third-order valence-electron chi connectivity index (χ3n) is 2.34. The Morgan fingerprint density at radius 1 is 1.33 bits per heavy atom. The Balaban J connectivity index is 2.24. The maximum atomic E-state index is 12.7. The van der Waals surface area contributed by atoms with Crippen molar-refractivity contribution in [3.05, 3.63) is 53.5 Å². The summed E-state index contributed by atoms with van der Waals surface area (Å²) in [7, 11) is 0. The van der Waals surface area contributed by atoms with Crippen molar-refractivity contribution in [2.24, 2.45) is 0 Å². The Bertz CT molecular complexity index is 581. The topological polar surface area (TPSA) is 59.4 Å². The summed E-state index contributed by atoms with van der Waals surface area (Å²) in [5.41, 5.74) is 0.855. The van der Waals surface area contributed by atoms with Gasteiger partial charge in [-0.3, -0.25) is 0 Å². The van der Waals surface area contributed by atoms with Crippen molar-refractivity contribution < 1.29 is 19.0 Å². The minimum atomic E-state index is -0.996. The first kappa shape index (κ1) is 12.0. The molecule has 0 radical (unpaired) electrons. The molecule has 1 aromatic heterocycles. The van der Waals surface area contributed by atoms with E-state index in [0.717, 1.165) is 6.20 Å². The minimum absolute atomic E-state index is 0.187. The number of pyridine rings is 1. The van der Waals surface area contributed by atoms with E-state index < -0.39 is 11.8 Å². The first-order valence-corrected chi connectivity index (χ1v) is 5.19. The smallest absolute Gasteiger partial charge is 0.335 e. The fourth-order valence-corrected chi connectivity index (χ4v) is 1.43. The van der Waals surface area contributed by atoms with E-state index in [2.05, 4.69) is 4.98 Å². The average molecular weight is 247 g/mol. The quantitative estimate of drug-likeness (QED) is 0.905. The summed E-state index contributed by atoms with van der Waals surface area (Å²) in [5.74, 6) is -0.702. The Morgan fingerprint density at radius 2 is 2.11 bits per heavy atom. The molecule has 4 nitrogen and oxygen atoms in total. The lowest BCUT2D eigenvalue weighted by atomic mass is 10.1. The van der Waals surface area contributed by atoms with Gasteiger partial charge in [0.15, 0.2) is 0 Å². The number of aromatic carboxylic acids is 1. The molecule has 92 valence electrons. The van der Waals surface area contributed by atoms with Crippen molar-refractivity contribution in [3.63, 3.8) is 0 Å². The second-order valence-electron chi connectivity index (χ2n) is 3.70. The van der Waals surface area contributed by atoms with Crippen molar-refractivity contribution in [1.29, 1.82) is 0 Å². The first-order valence-electron chi connectivity index (χ1n) is 5.19. The number of carbonyl (C=O) groups is 1. The Hall–Kier alpha value is -2.43. The predicted molar refractivity (Wildman–Crippen MR) is 62.4 cm³/mol. The molecule has 0 aliphatic heterocycles. The normalized spacial score (nSPS) is 10.1. The molecule has 0 aliphatic carbocycles. The summed E-state index contributed by atoms with van der Waals surface area (Å²) < 4.78 is 18.1. The fourth-order valence-electron chi connectivity index (χ4n) is 1.43. The number of benzene rings is 1. The Labute approximate surface area is 103 Å². The molecule has 2 rings (SSSR count). The zero-order valence-electron chi connectivity index (χ0n) is 9.55. The number of carboxylic acid groups (broad SMARTS) is 1. The summed E-state index contributed by atoms with van der Waals surface area (Å²) in [6.07, 6.45) is 1.05. The van der Waals surface area contributed by atoms with Crippen molar-refractivity contribution in [2.75, 3.05) is 0 Å². The highest BCUT2D eigenvalue weighted by atomic mass is 19.1. The summed E-state index contributed by atoms with van der Waals surface area (Å²) in [4.78, 5) is 14.5. The third kappa shape index (κ3) is 2.63. The van der Waals surface area contributed by atoms with Gasteiger partial charge in [-0.2, -0.15) is 0 Å². The van der Waals surface area contributed by atoms with Crippen molar-refractivity contribution >= 4 is 5.97 Å². The molecule has 0 unspecified atom stereocenters. The standard InChI is InChI=1S/C13H10FNO3/c1-8-6-9(13(16)17)2-4-11(8)18-12-5-3-10(14)7-15-12/h2-7H,1H3,(H,16,17). The van der Waals surface area contributed by atoms with Crippen LogP contribution in [0, 0.1) is 12.7 Å². The van der Waals surface area contributed by atoms with Crippen LogP contribution in [0.2, 0.25) is 0 Å². The predicted octanol–water partition coefficient (Wildman–Crippen LogP) is 3.02. The molecular weight excluding hydrogens is 237 g/mol. The molecule has 0 saturated heterocycles. The molecule has 0 atom stereocenters. The molecular formula is C13H10FNO3. The van der Waals surface area contributed by atoms with Crippen molar-refractivity contribution in [2.45, 2.75) is 6.92 Å². The van der Waals surface area contributed by atoms with E-state index in [-0.39, 0.29) is 11.4 Å². The number of carboxylic acids is 1. The molecule has 0 bridgehead atoms. The van der Waals surface area contributed by atoms with Gasteiger partial charge in [-0.1, -0.05) is 0 Å². The van der Waals surface area contributed by atoms with E-state index in [1.54, 1.807) is 13.0 Å². The van der Waals surface area contributed by atoms with Crippen LogP contribution in [0.3, 0.4) is 0 Å². The number of ether oxygens (including phenoxy) is 1. The van der Waals surface area contributed by atoms with Crippen LogP contribution in [0.1, 0.15) is 15.9 Å². The van der Waals surface area contributed by atoms with E-state index in [1.165, 1.54) is 24.3 Å². The maximum Gasteiger partial charge on any atom is 0.335 e. The van der Waals surface area contributed by atoms with Crippen molar-refractivity contribution in [3.8, 4) is 11.6 Å². The molecule has 1 heterocycles. The molecule has 0 spiro atoms. The van der Waals surface area contributed by atoms with Gasteiger partial charge in [0, 0.05) is 6.07 Å². The zero-order valence-corrected chi connectivity index (χ0v) is 9.55. The number of aromatic nitrogens is 1. The maximum absolute atomic E-state index is 12.7. The molecule has 0 amide bonds. The number of halogens is 1. The Morgan fingerprint density at radius 3 is 2.67 bits per heavy atom. The lowest BCUT2D eigenvalue weighted by Crippen LogP contribution is -1.98. The van der Waals surface area contributed by atoms with Gasteiger partial charge in [-0.05, 0) is 36.8 Å². The second-order valence-corrected chi connectivity index (χ2v) is 3.70. The van der Waals surface area contributed by atoms with Crippen LogP contribution >= 0.6 is 0 Å². The number of nitrogens with zero attached hydrogens (tertiary/aromatic N) is 1. The SMILES string of the molecule is Cc1cc(C(=O)O)ccc1Oc1ccc(F)cn1. The molecule has 5 heteroatoms. The van der Waals surface area contributed by atoms with Gasteiger partial charge < -0.3 is 9.84 Å². The van der Waals surface area contributed by atoms with Gasteiger partial charge in [0.1, 0.15) is 11.6 Å². The van der Waals surface area contributed by atoms with Gasteiger partial charge in [-0.15, -0.1) is 0 Å². The molecule has 1 aromatic carbocycles. The largest absolute Gasteiger partial charge is 0.478 e. The molecule has 0 aliphatic rings. The molecule has 1 N–H and O–H groups in total.